The third kappa shape index (κ3) is 5.41. The number of carbonyl (C=O) groups is 2. The molecule has 5 rings (SSSR count). The van der Waals surface area contributed by atoms with Crippen molar-refractivity contribution in [3.8, 4) is 0 Å². The number of nitrogens with one attached hydrogen (secondary N) is 2. The monoisotopic (exact) mass is 513 g/mol. The lowest BCUT2D eigenvalue weighted by Crippen LogP contribution is -2.37. The van der Waals surface area contributed by atoms with Crippen LogP contribution >= 0.6 is 0 Å². The van der Waals surface area contributed by atoms with Gasteiger partial charge in [-0.05, 0) is 56.0 Å². The van der Waals surface area contributed by atoms with Gasteiger partial charge in [-0.3, -0.25) is 4.79 Å². The Morgan fingerprint density at radius 1 is 1.08 bits per heavy atom. The van der Waals surface area contributed by atoms with Gasteiger partial charge >= 0.3 is 5.97 Å². The summed E-state index contributed by atoms with van der Waals surface area (Å²) in [6.45, 7) is 9.10. The zero-order valence-corrected chi connectivity index (χ0v) is 23.0. The van der Waals surface area contributed by atoms with Crippen molar-refractivity contribution in [3.05, 3.63) is 77.1 Å². The molecule has 6 heteroatoms. The number of rotatable bonds is 6. The second-order valence-corrected chi connectivity index (χ2v) is 11.7. The van der Waals surface area contributed by atoms with E-state index in [0.717, 1.165) is 34.3 Å². The summed E-state index contributed by atoms with van der Waals surface area (Å²) in [6.07, 6.45) is 7.74. The highest BCUT2D eigenvalue weighted by molar-refractivity contribution is 6.18. The molecule has 1 aromatic heterocycles. The maximum absolute atomic E-state index is 13.9. The molecule has 2 heterocycles. The smallest absolute Gasteiger partial charge is 0.342 e. The Bertz CT molecular complexity index is 1360. The third-order valence-electron chi connectivity index (χ3n) is 7.70. The Morgan fingerprint density at radius 2 is 1.84 bits per heavy atom. The molecule has 2 aromatic carbocycles. The van der Waals surface area contributed by atoms with Crippen molar-refractivity contribution < 1.29 is 14.3 Å². The zero-order chi connectivity index (χ0) is 26.9. The first-order valence-corrected chi connectivity index (χ1v) is 13.9. The predicted molar refractivity (Wildman–Crippen MR) is 152 cm³/mol. The van der Waals surface area contributed by atoms with Gasteiger partial charge in [0.15, 0.2) is 0 Å². The van der Waals surface area contributed by atoms with Crippen LogP contribution in [0.1, 0.15) is 87.0 Å². The van der Waals surface area contributed by atoms with E-state index in [1.54, 1.807) is 11.1 Å². The number of hydrogen-bond acceptors (Lipinski definition) is 4. The van der Waals surface area contributed by atoms with Gasteiger partial charge in [0, 0.05) is 47.2 Å². The first kappa shape index (κ1) is 26.2. The van der Waals surface area contributed by atoms with Gasteiger partial charge in [-0.2, -0.15) is 0 Å². The van der Waals surface area contributed by atoms with Crippen LogP contribution in [0.2, 0.25) is 0 Å². The molecule has 3 aromatic rings. The van der Waals surface area contributed by atoms with E-state index in [-0.39, 0.29) is 12.0 Å². The molecule has 200 valence electrons. The highest BCUT2D eigenvalue weighted by Gasteiger charge is 2.37. The number of para-hydroxylation sites is 1. The standard InChI is InChI=1S/C32H39N3O3/c1-21(2)38-31(37)26-19-35(20-32(3,4)28-25-15-8-9-16-27(25)34-29(26)28)30(36)23-12-10-11-22(17-23)18-33-24-13-6-5-7-14-24/h8-12,15-17,19,21,24,33-34H,5-7,13-14,18,20H2,1-4H3. The maximum atomic E-state index is 13.9. The fourth-order valence-electron chi connectivity index (χ4n) is 5.93. The van der Waals surface area contributed by atoms with E-state index >= 15 is 0 Å². The predicted octanol–water partition coefficient (Wildman–Crippen LogP) is 6.32. The largest absolute Gasteiger partial charge is 0.459 e. The van der Waals surface area contributed by atoms with Crippen LogP contribution in [-0.4, -0.2) is 40.5 Å². The molecule has 0 radical (unpaired) electrons. The number of aromatic amines is 1. The van der Waals surface area contributed by atoms with Crippen LogP contribution in [0.3, 0.4) is 0 Å². The van der Waals surface area contributed by atoms with Gasteiger partial charge < -0.3 is 19.9 Å². The molecule has 1 amide bonds. The average molecular weight is 514 g/mol. The van der Waals surface area contributed by atoms with E-state index < -0.39 is 11.4 Å². The SMILES string of the molecule is CC(C)OC(=O)C1=CN(C(=O)c2cccc(CNC3CCCCC3)c2)CC(C)(C)c2c1[nH]c1ccccc21. The minimum Gasteiger partial charge on any atom is -0.459 e. The Balaban J connectivity index is 1.48. The number of benzene rings is 2. The van der Waals surface area contributed by atoms with Gasteiger partial charge in [0.25, 0.3) is 5.91 Å². The van der Waals surface area contributed by atoms with Crippen LogP contribution < -0.4 is 5.32 Å². The molecule has 0 bridgehead atoms. The Morgan fingerprint density at radius 3 is 2.61 bits per heavy atom. The fourth-order valence-corrected chi connectivity index (χ4v) is 5.93. The number of carbonyl (C=O) groups excluding carboxylic acids is 2. The summed E-state index contributed by atoms with van der Waals surface area (Å²) in [4.78, 5) is 32.4. The molecule has 1 aliphatic carbocycles. The summed E-state index contributed by atoms with van der Waals surface area (Å²) >= 11 is 0. The summed E-state index contributed by atoms with van der Waals surface area (Å²) in [5, 5.41) is 4.73. The molecule has 0 saturated heterocycles. The number of esters is 1. The van der Waals surface area contributed by atoms with Gasteiger partial charge in [-0.1, -0.05) is 63.4 Å². The number of fused-ring (bicyclic) bond motifs is 3. The van der Waals surface area contributed by atoms with Crippen LogP contribution in [-0.2, 0) is 21.5 Å². The van der Waals surface area contributed by atoms with E-state index in [1.807, 2.05) is 50.2 Å². The van der Waals surface area contributed by atoms with Crippen molar-refractivity contribution in [2.24, 2.45) is 0 Å². The van der Waals surface area contributed by atoms with Crippen LogP contribution in [0.25, 0.3) is 16.5 Å². The van der Waals surface area contributed by atoms with E-state index in [4.69, 9.17) is 4.74 Å². The lowest BCUT2D eigenvalue weighted by molar-refractivity contribution is -0.140. The molecule has 1 aliphatic heterocycles. The lowest BCUT2D eigenvalue weighted by Gasteiger charge is -2.30. The fraction of sp³-hybridized carbons (Fsp3) is 0.438. The van der Waals surface area contributed by atoms with E-state index in [1.165, 1.54) is 32.1 Å². The van der Waals surface area contributed by atoms with Crippen molar-refractivity contribution in [3.63, 3.8) is 0 Å². The highest BCUT2D eigenvalue weighted by atomic mass is 16.5. The van der Waals surface area contributed by atoms with Crippen molar-refractivity contribution in [1.29, 1.82) is 0 Å². The summed E-state index contributed by atoms with van der Waals surface area (Å²) in [7, 11) is 0. The maximum Gasteiger partial charge on any atom is 0.342 e. The van der Waals surface area contributed by atoms with Crippen LogP contribution in [0.15, 0.2) is 54.7 Å². The normalized spacial score (nSPS) is 17.7. The first-order chi connectivity index (χ1) is 18.2. The number of nitrogens with zero attached hydrogens (tertiary/aromatic N) is 1. The van der Waals surface area contributed by atoms with E-state index in [2.05, 4.69) is 36.3 Å². The minimum atomic E-state index is -0.436. The summed E-state index contributed by atoms with van der Waals surface area (Å²) < 4.78 is 5.64. The molecule has 2 aliphatic rings. The van der Waals surface area contributed by atoms with Crippen LogP contribution in [0.4, 0.5) is 0 Å². The van der Waals surface area contributed by atoms with Crippen molar-refractivity contribution >= 4 is 28.4 Å². The molecule has 0 unspecified atom stereocenters. The number of aromatic nitrogens is 1. The molecule has 0 spiro atoms. The molecular formula is C32H39N3O3. The summed E-state index contributed by atoms with van der Waals surface area (Å²) in [5.41, 5.74) is 4.39. The zero-order valence-electron chi connectivity index (χ0n) is 23.0. The second-order valence-electron chi connectivity index (χ2n) is 11.7. The number of hydrogen-bond donors (Lipinski definition) is 2. The molecule has 2 N–H and O–H groups in total. The van der Waals surface area contributed by atoms with Gasteiger partial charge in [-0.15, -0.1) is 0 Å². The Labute approximate surface area is 225 Å². The summed E-state index contributed by atoms with van der Waals surface area (Å²) in [6, 6.07) is 16.5. The molecule has 1 saturated carbocycles. The van der Waals surface area contributed by atoms with Crippen LogP contribution in [0, 0.1) is 0 Å². The topological polar surface area (TPSA) is 74.4 Å². The lowest BCUT2D eigenvalue weighted by atomic mass is 9.81. The van der Waals surface area contributed by atoms with E-state index in [0.29, 0.717) is 23.7 Å². The molecular weight excluding hydrogens is 474 g/mol. The van der Waals surface area contributed by atoms with Crippen molar-refractivity contribution in [2.75, 3.05) is 6.54 Å². The Kier molecular flexibility index (Phi) is 7.44. The van der Waals surface area contributed by atoms with Gasteiger partial charge in [0.1, 0.15) is 0 Å². The average Bonchev–Trinajstić information content (AvgIpc) is 3.25. The quantitative estimate of drug-likeness (QED) is 0.379. The Hall–Kier alpha value is -3.38. The third-order valence-corrected chi connectivity index (χ3v) is 7.70. The van der Waals surface area contributed by atoms with Crippen molar-refractivity contribution in [2.45, 2.75) is 83.9 Å². The van der Waals surface area contributed by atoms with Gasteiger partial charge in [0.05, 0.1) is 17.4 Å². The summed E-state index contributed by atoms with van der Waals surface area (Å²) in [5.74, 6) is -0.560. The van der Waals surface area contributed by atoms with Gasteiger partial charge in [-0.25, -0.2) is 4.79 Å². The van der Waals surface area contributed by atoms with E-state index in [9.17, 15) is 9.59 Å². The van der Waals surface area contributed by atoms with Crippen LogP contribution in [0.5, 0.6) is 0 Å². The molecule has 1 fully saturated rings. The molecule has 6 nitrogen and oxygen atoms in total. The highest BCUT2D eigenvalue weighted by Crippen LogP contribution is 2.40. The number of amides is 1. The second kappa shape index (κ2) is 10.8. The molecule has 0 atom stereocenters. The number of ether oxygens (including phenoxy) is 1. The van der Waals surface area contributed by atoms with Crippen molar-refractivity contribution in [1.82, 2.24) is 15.2 Å². The molecule has 38 heavy (non-hydrogen) atoms. The minimum absolute atomic E-state index is 0.123. The van der Waals surface area contributed by atoms with Gasteiger partial charge in [0.2, 0.25) is 0 Å². The number of H-pyrrole nitrogens is 1. The first-order valence-electron chi connectivity index (χ1n) is 13.9.